The van der Waals surface area contributed by atoms with Gasteiger partial charge in [0, 0.05) is 6.54 Å². The number of rotatable bonds is 2. The van der Waals surface area contributed by atoms with Gasteiger partial charge in [-0.15, -0.1) is 0 Å². The van der Waals surface area contributed by atoms with Gasteiger partial charge in [-0.2, -0.15) is 0 Å². The third-order valence-electron chi connectivity index (χ3n) is 2.43. The van der Waals surface area contributed by atoms with E-state index in [1.807, 2.05) is 6.92 Å². The molecule has 0 aliphatic carbocycles. The predicted molar refractivity (Wildman–Crippen MR) is 61.7 cm³/mol. The molecule has 0 bridgehead atoms. The highest BCUT2D eigenvalue weighted by Gasteiger charge is 2.07. The Morgan fingerprint density at radius 1 is 1.33 bits per heavy atom. The lowest BCUT2D eigenvalue weighted by Crippen LogP contribution is -2.16. The molecule has 0 amide bonds. The van der Waals surface area contributed by atoms with Gasteiger partial charge in [0.2, 0.25) is 0 Å². The molecule has 0 unspecified atom stereocenters. The third-order valence-corrected chi connectivity index (χ3v) is 2.43. The van der Waals surface area contributed by atoms with Crippen LogP contribution in [-0.2, 0) is 6.54 Å². The lowest BCUT2D eigenvalue weighted by molar-refractivity contribution is 0.675. The van der Waals surface area contributed by atoms with Crippen molar-refractivity contribution < 1.29 is 0 Å². The number of hydrogen-bond donors (Lipinski definition) is 3. The molecule has 0 saturated carbocycles. The van der Waals surface area contributed by atoms with Crippen molar-refractivity contribution in [3.63, 3.8) is 0 Å². The highest BCUT2D eigenvalue weighted by atomic mass is 16.1. The summed E-state index contributed by atoms with van der Waals surface area (Å²) in [4.78, 5) is 14.3. The van der Waals surface area contributed by atoms with Crippen LogP contribution in [0.15, 0.2) is 16.9 Å². The minimum absolute atomic E-state index is 0.114. The van der Waals surface area contributed by atoms with Crippen molar-refractivity contribution >= 4 is 22.4 Å². The molecule has 0 saturated heterocycles. The molecule has 0 aliphatic heterocycles. The second kappa shape index (κ2) is 3.34. The first-order chi connectivity index (χ1) is 7.13. The molecular formula is C10H14N4O. The molecular weight excluding hydrogens is 192 g/mol. The molecule has 0 radical (unpaired) electrons. The van der Waals surface area contributed by atoms with Crippen LogP contribution in [-0.4, -0.2) is 9.55 Å². The quantitative estimate of drug-likeness (QED) is 0.638. The Bertz CT molecular complexity index is 552. The Balaban J connectivity index is 2.76. The Morgan fingerprint density at radius 3 is 2.67 bits per heavy atom. The summed E-state index contributed by atoms with van der Waals surface area (Å²) >= 11 is 0. The molecule has 0 aliphatic rings. The van der Waals surface area contributed by atoms with Crippen LogP contribution < -0.4 is 17.2 Å². The van der Waals surface area contributed by atoms with E-state index in [1.54, 1.807) is 16.7 Å². The van der Waals surface area contributed by atoms with Gasteiger partial charge in [-0.25, -0.2) is 4.79 Å². The summed E-state index contributed by atoms with van der Waals surface area (Å²) in [5, 5.41) is 0. The monoisotopic (exact) mass is 206 g/mol. The Labute approximate surface area is 86.7 Å². The fraction of sp³-hybridized carbons (Fsp3) is 0.300. The molecule has 2 rings (SSSR count). The number of benzene rings is 1. The van der Waals surface area contributed by atoms with Crippen molar-refractivity contribution in [1.82, 2.24) is 9.55 Å². The topological polar surface area (TPSA) is 89.8 Å². The maximum Gasteiger partial charge on any atom is 0.326 e. The minimum atomic E-state index is -0.114. The number of imidazole rings is 1. The fourth-order valence-electron chi connectivity index (χ4n) is 1.68. The average molecular weight is 206 g/mol. The van der Waals surface area contributed by atoms with Crippen molar-refractivity contribution in [2.45, 2.75) is 19.9 Å². The first kappa shape index (κ1) is 9.64. The number of hydrogen-bond acceptors (Lipinski definition) is 3. The van der Waals surface area contributed by atoms with Crippen LogP contribution in [0.5, 0.6) is 0 Å². The van der Waals surface area contributed by atoms with Gasteiger partial charge in [-0.05, 0) is 18.6 Å². The van der Waals surface area contributed by atoms with Crippen LogP contribution in [0.25, 0.3) is 11.0 Å². The number of H-pyrrole nitrogens is 1. The number of nitrogens with two attached hydrogens (primary N) is 2. The number of aromatic nitrogens is 2. The van der Waals surface area contributed by atoms with E-state index < -0.39 is 0 Å². The van der Waals surface area contributed by atoms with E-state index in [0.29, 0.717) is 17.9 Å². The van der Waals surface area contributed by atoms with Crippen LogP contribution in [0.4, 0.5) is 11.4 Å². The van der Waals surface area contributed by atoms with Gasteiger partial charge in [-0.3, -0.25) is 4.57 Å². The maximum absolute atomic E-state index is 11.6. The molecule has 1 heterocycles. The zero-order valence-electron chi connectivity index (χ0n) is 8.58. The number of nitrogens with one attached hydrogen (secondary N) is 1. The summed E-state index contributed by atoms with van der Waals surface area (Å²) < 4.78 is 1.67. The van der Waals surface area contributed by atoms with Crippen LogP contribution in [0, 0.1) is 0 Å². The van der Waals surface area contributed by atoms with Gasteiger partial charge < -0.3 is 16.5 Å². The number of nitrogens with zero attached hydrogens (tertiary/aromatic N) is 1. The summed E-state index contributed by atoms with van der Waals surface area (Å²) in [6.07, 6.45) is 0.900. The molecule has 1 aromatic carbocycles. The van der Waals surface area contributed by atoms with E-state index in [-0.39, 0.29) is 5.69 Å². The first-order valence-corrected chi connectivity index (χ1v) is 4.91. The van der Waals surface area contributed by atoms with Crippen LogP contribution in [0.3, 0.4) is 0 Å². The van der Waals surface area contributed by atoms with Crippen LogP contribution in [0.1, 0.15) is 13.3 Å². The molecule has 0 fully saturated rings. The van der Waals surface area contributed by atoms with Crippen molar-refractivity contribution in [2.75, 3.05) is 11.5 Å². The van der Waals surface area contributed by atoms with Crippen LogP contribution in [0.2, 0.25) is 0 Å². The molecule has 2 aromatic rings. The lowest BCUT2D eigenvalue weighted by atomic mass is 10.2. The van der Waals surface area contributed by atoms with E-state index >= 15 is 0 Å². The average Bonchev–Trinajstić information content (AvgIpc) is 2.46. The minimum Gasteiger partial charge on any atom is -0.397 e. The van der Waals surface area contributed by atoms with E-state index in [1.165, 1.54) is 0 Å². The van der Waals surface area contributed by atoms with Crippen LogP contribution >= 0.6 is 0 Å². The van der Waals surface area contributed by atoms with Gasteiger partial charge in [-0.1, -0.05) is 6.92 Å². The number of anilines is 2. The van der Waals surface area contributed by atoms with E-state index in [0.717, 1.165) is 17.5 Å². The molecule has 5 N–H and O–H groups in total. The van der Waals surface area contributed by atoms with Gasteiger partial charge in [0.1, 0.15) is 0 Å². The highest BCUT2D eigenvalue weighted by molar-refractivity contribution is 5.85. The molecule has 5 nitrogen and oxygen atoms in total. The smallest absolute Gasteiger partial charge is 0.326 e. The predicted octanol–water partition coefficient (Wildman–Crippen LogP) is 0.904. The van der Waals surface area contributed by atoms with Crippen molar-refractivity contribution in [2.24, 2.45) is 0 Å². The first-order valence-electron chi connectivity index (χ1n) is 4.91. The van der Waals surface area contributed by atoms with Gasteiger partial charge in [0.25, 0.3) is 0 Å². The van der Waals surface area contributed by atoms with E-state index in [9.17, 15) is 4.79 Å². The SMILES string of the molecule is CCCn1c(=O)[nH]c2cc(N)c(N)cc21. The van der Waals surface area contributed by atoms with Gasteiger partial charge >= 0.3 is 5.69 Å². The van der Waals surface area contributed by atoms with E-state index in [2.05, 4.69) is 4.98 Å². The number of aromatic amines is 1. The number of aryl methyl sites for hydroxylation is 1. The molecule has 0 atom stereocenters. The van der Waals surface area contributed by atoms with Crippen molar-refractivity contribution in [3.8, 4) is 0 Å². The number of nitrogen functional groups attached to an aromatic ring is 2. The summed E-state index contributed by atoms with van der Waals surface area (Å²) in [6.45, 7) is 2.70. The summed E-state index contributed by atoms with van der Waals surface area (Å²) in [7, 11) is 0. The van der Waals surface area contributed by atoms with Gasteiger partial charge in [0.15, 0.2) is 0 Å². The number of fused-ring (bicyclic) bond motifs is 1. The molecule has 1 aromatic heterocycles. The summed E-state index contributed by atoms with van der Waals surface area (Å²) in [5.41, 5.74) is 13.8. The Morgan fingerprint density at radius 2 is 2.00 bits per heavy atom. The highest BCUT2D eigenvalue weighted by Crippen LogP contribution is 2.21. The largest absolute Gasteiger partial charge is 0.397 e. The summed E-state index contributed by atoms with van der Waals surface area (Å²) in [6, 6.07) is 3.43. The molecule has 5 heteroatoms. The van der Waals surface area contributed by atoms with Gasteiger partial charge in [0.05, 0.1) is 22.4 Å². The Hall–Kier alpha value is -1.91. The second-order valence-electron chi connectivity index (χ2n) is 3.58. The standard InChI is InChI=1S/C10H14N4O/c1-2-3-14-9-5-7(12)6(11)4-8(9)13-10(14)15/h4-5H,2-3,11-12H2,1H3,(H,13,15). The van der Waals surface area contributed by atoms with Crippen molar-refractivity contribution in [1.29, 1.82) is 0 Å². The molecule has 80 valence electrons. The Kier molecular flexibility index (Phi) is 2.15. The van der Waals surface area contributed by atoms with Crippen molar-refractivity contribution in [3.05, 3.63) is 22.6 Å². The van der Waals surface area contributed by atoms with E-state index in [4.69, 9.17) is 11.5 Å². The third kappa shape index (κ3) is 1.45. The lowest BCUT2D eigenvalue weighted by Gasteiger charge is -2.03. The molecule has 0 spiro atoms. The zero-order valence-corrected chi connectivity index (χ0v) is 8.58. The fourth-order valence-corrected chi connectivity index (χ4v) is 1.68. The summed E-state index contributed by atoms with van der Waals surface area (Å²) in [5.74, 6) is 0. The normalized spacial score (nSPS) is 11.0. The zero-order chi connectivity index (χ0) is 11.0. The maximum atomic E-state index is 11.6. The second-order valence-corrected chi connectivity index (χ2v) is 3.58. The molecule has 15 heavy (non-hydrogen) atoms.